The third-order valence-electron chi connectivity index (χ3n) is 3.37. The maximum absolute atomic E-state index is 12.2. The van der Waals surface area contributed by atoms with E-state index in [2.05, 4.69) is 20.9 Å². The van der Waals surface area contributed by atoms with Gasteiger partial charge in [0, 0.05) is 25.8 Å². The van der Waals surface area contributed by atoms with E-state index in [0.29, 0.717) is 11.1 Å². The largest absolute Gasteiger partial charge is 0.480 e. The summed E-state index contributed by atoms with van der Waals surface area (Å²) >= 11 is 3.37. The molecule has 1 saturated heterocycles. The number of hydrogen-bond acceptors (Lipinski definition) is 5. The minimum absolute atomic E-state index is 0.179. The second-order valence-electron chi connectivity index (χ2n) is 6.29. The van der Waals surface area contributed by atoms with Crippen molar-refractivity contribution >= 4 is 33.7 Å². The van der Waals surface area contributed by atoms with E-state index in [1.807, 2.05) is 11.0 Å². The first-order valence-corrected chi connectivity index (χ1v) is 8.06. The topological polar surface area (TPSA) is 83.0 Å². The van der Waals surface area contributed by atoms with Gasteiger partial charge in [0.25, 0.3) is 0 Å². The summed E-state index contributed by atoms with van der Waals surface area (Å²) in [4.78, 5) is 31.2. The molecule has 1 aromatic heterocycles. The lowest BCUT2D eigenvalue weighted by atomic mass is 10.1. The van der Waals surface area contributed by atoms with Gasteiger partial charge in [-0.3, -0.25) is 4.90 Å². The molecule has 126 valence electrons. The molecule has 0 aromatic carbocycles. The number of carbonyl (C=O) groups excluding carboxylic acids is 1. The molecule has 1 aromatic rings. The van der Waals surface area contributed by atoms with Gasteiger partial charge < -0.3 is 14.7 Å². The summed E-state index contributed by atoms with van der Waals surface area (Å²) in [6.45, 7) is 6.22. The Morgan fingerprint density at radius 1 is 1.39 bits per heavy atom. The molecule has 0 bridgehead atoms. The van der Waals surface area contributed by atoms with Gasteiger partial charge in [-0.1, -0.05) is 0 Å². The number of rotatable bonds is 2. The van der Waals surface area contributed by atoms with E-state index in [9.17, 15) is 14.7 Å². The fourth-order valence-electron chi connectivity index (χ4n) is 2.37. The van der Waals surface area contributed by atoms with E-state index in [0.717, 1.165) is 5.69 Å². The Bertz CT molecular complexity index is 603. The van der Waals surface area contributed by atoms with Crippen LogP contribution in [0.15, 0.2) is 22.9 Å². The summed E-state index contributed by atoms with van der Waals surface area (Å²) in [6, 6.07) is 2.68. The molecule has 23 heavy (non-hydrogen) atoms. The van der Waals surface area contributed by atoms with Gasteiger partial charge in [-0.25, -0.2) is 14.6 Å². The SMILES string of the molecule is CC(C)(C)OC(=O)N1CCN(c2cccnc2Br)C[C@H]1C(=O)O. The smallest absolute Gasteiger partial charge is 0.411 e. The zero-order valence-corrected chi connectivity index (χ0v) is 14.9. The van der Waals surface area contributed by atoms with Crippen LogP contribution < -0.4 is 4.90 Å². The number of carbonyl (C=O) groups is 2. The number of carboxylic acids is 1. The van der Waals surface area contributed by atoms with E-state index in [-0.39, 0.29) is 13.1 Å². The number of piperazine rings is 1. The molecule has 0 unspecified atom stereocenters. The lowest BCUT2D eigenvalue weighted by Gasteiger charge is -2.40. The number of aromatic nitrogens is 1. The molecule has 0 aliphatic carbocycles. The fourth-order valence-corrected chi connectivity index (χ4v) is 2.87. The van der Waals surface area contributed by atoms with Crippen molar-refractivity contribution in [3.63, 3.8) is 0 Å². The Balaban J connectivity index is 2.17. The summed E-state index contributed by atoms with van der Waals surface area (Å²) in [5.41, 5.74) is 0.145. The predicted molar refractivity (Wildman–Crippen MR) is 88.5 cm³/mol. The zero-order chi connectivity index (χ0) is 17.2. The van der Waals surface area contributed by atoms with Gasteiger partial charge >= 0.3 is 12.1 Å². The molecule has 2 rings (SSSR count). The van der Waals surface area contributed by atoms with Crippen molar-refractivity contribution < 1.29 is 19.4 Å². The van der Waals surface area contributed by atoms with E-state index in [1.54, 1.807) is 33.0 Å². The summed E-state index contributed by atoms with van der Waals surface area (Å²) in [5.74, 6) is -1.06. The van der Waals surface area contributed by atoms with Gasteiger partial charge in [-0.05, 0) is 48.8 Å². The van der Waals surface area contributed by atoms with Crippen molar-refractivity contribution in [2.45, 2.75) is 32.4 Å². The zero-order valence-electron chi connectivity index (χ0n) is 13.3. The van der Waals surface area contributed by atoms with Gasteiger partial charge in [-0.2, -0.15) is 0 Å². The van der Waals surface area contributed by atoms with Gasteiger partial charge in [0.05, 0.1) is 5.69 Å². The first-order chi connectivity index (χ1) is 10.7. The predicted octanol–water partition coefficient (Wildman–Crippen LogP) is 2.35. The highest BCUT2D eigenvalue weighted by Gasteiger charge is 2.38. The lowest BCUT2D eigenvalue weighted by molar-refractivity contribution is -0.143. The lowest BCUT2D eigenvalue weighted by Crippen LogP contribution is -2.59. The molecule has 1 N–H and O–H groups in total. The maximum Gasteiger partial charge on any atom is 0.411 e. The number of nitrogens with zero attached hydrogens (tertiary/aromatic N) is 3. The fraction of sp³-hybridized carbons (Fsp3) is 0.533. The highest BCUT2D eigenvalue weighted by molar-refractivity contribution is 9.10. The maximum atomic E-state index is 12.2. The van der Waals surface area contributed by atoms with Gasteiger partial charge in [0.15, 0.2) is 0 Å². The highest BCUT2D eigenvalue weighted by atomic mass is 79.9. The number of pyridine rings is 1. The summed E-state index contributed by atoms with van der Waals surface area (Å²) in [7, 11) is 0. The van der Waals surface area contributed by atoms with Crippen LogP contribution >= 0.6 is 15.9 Å². The Morgan fingerprint density at radius 2 is 2.09 bits per heavy atom. The molecule has 2 heterocycles. The molecule has 7 nitrogen and oxygen atoms in total. The minimum atomic E-state index is -1.06. The second-order valence-corrected chi connectivity index (χ2v) is 7.04. The van der Waals surface area contributed by atoms with Crippen LogP contribution in [0.5, 0.6) is 0 Å². The average molecular weight is 386 g/mol. The van der Waals surface area contributed by atoms with Gasteiger partial charge in [0.1, 0.15) is 16.2 Å². The molecule has 8 heteroatoms. The summed E-state index contributed by atoms with van der Waals surface area (Å²) in [6.07, 6.45) is 1.05. The van der Waals surface area contributed by atoms with Crippen molar-refractivity contribution in [3.8, 4) is 0 Å². The Morgan fingerprint density at radius 3 is 2.65 bits per heavy atom. The molecule has 0 spiro atoms. The molecule has 1 aliphatic rings. The van der Waals surface area contributed by atoms with Crippen LogP contribution in [0.25, 0.3) is 0 Å². The first kappa shape index (κ1) is 17.5. The van der Waals surface area contributed by atoms with E-state index in [4.69, 9.17) is 4.74 Å². The number of hydrogen-bond donors (Lipinski definition) is 1. The molecule has 1 fully saturated rings. The van der Waals surface area contributed by atoms with E-state index >= 15 is 0 Å². The second kappa shape index (κ2) is 6.74. The van der Waals surface area contributed by atoms with Crippen LogP contribution in [0.1, 0.15) is 20.8 Å². The van der Waals surface area contributed by atoms with Crippen LogP contribution in [0.4, 0.5) is 10.5 Å². The Labute approximate surface area is 143 Å². The van der Waals surface area contributed by atoms with Crippen molar-refractivity contribution in [2.24, 2.45) is 0 Å². The van der Waals surface area contributed by atoms with Crippen LogP contribution in [0.2, 0.25) is 0 Å². The number of halogens is 1. The van der Waals surface area contributed by atoms with Crippen LogP contribution in [-0.2, 0) is 9.53 Å². The van der Waals surface area contributed by atoms with Crippen LogP contribution in [0.3, 0.4) is 0 Å². The number of carboxylic acid groups (broad SMARTS) is 1. The Kier molecular flexibility index (Phi) is 5.13. The van der Waals surface area contributed by atoms with E-state index < -0.39 is 23.7 Å². The minimum Gasteiger partial charge on any atom is -0.480 e. The standard InChI is InChI=1S/C15H20BrN3O4/c1-15(2,3)23-14(22)19-8-7-18(9-11(19)13(20)21)10-5-4-6-17-12(10)16/h4-6,11H,7-9H2,1-3H3,(H,20,21)/t11-/m0/s1. The average Bonchev–Trinajstić information content (AvgIpc) is 2.45. The first-order valence-electron chi connectivity index (χ1n) is 7.27. The highest BCUT2D eigenvalue weighted by Crippen LogP contribution is 2.26. The van der Waals surface area contributed by atoms with Crippen molar-refractivity contribution in [2.75, 3.05) is 24.5 Å². The van der Waals surface area contributed by atoms with Crippen molar-refractivity contribution in [1.29, 1.82) is 0 Å². The third-order valence-corrected chi connectivity index (χ3v) is 3.98. The van der Waals surface area contributed by atoms with Gasteiger partial charge in [-0.15, -0.1) is 0 Å². The quantitative estimate of drug-likeness (QED) is 0.786. The molecule has 0 radical (unpaired) electrons. The third kappa shape index (κ3) is 4.34. The molecule has 1 aliphatic heterocycles. The summed E-state index contributed by atoms with van der Waals surface area (Å²) in [5, 5.41) is 9.49. The van der Waals surface area contributed by atoms with E-state index in [1.165, 1.54) is 4.90 Å². The summed E-state index contributed by atoms with van der Waals surface area (Å²) < 4.78 is 5.95. The number of ether oxygens (including phenoxy) is 1. The molecule has 1 amide bonds. The Hall–Kier alpha value is -1.83. The normalized spacial score (nSPS) is 18.7. The van der Waals surface area contributed by atoms with Gasteiger partial charge in [0.2, 0.25) is 0 Å². The molecular weight excluding hydrogens is 366 g/mol. The molecular formula is C15H20BrN3O4. The number of aliphatic carboxylic acids is 1. The molecule has 1 atom stereocenters. The molecule has 0 saturated carbocycles. The number of anilines is 1. The van der Waals surface area contributed by atoms with Crippen molar-refractivity contribution in [1.82, 2.24) is 9.88 Å². The number of amides is 1. The van der Waals surface area contributed by atoms with Crippen LogP contribution in [0, 0.1) is 0 Å². The van der Waals surface area contributed by atoms with Crippen LogP contribution in [-0.4, -0.2) is 58.3 Å². The van der Waals surface area contributed by atoms with Crippen molar-refractivity contribution in [3.05, 3.63) is 22.9 Å². The monoisotopic (exact) mass is 385 g/mol.